The molecule has 0 atom stereocenters. The molecule has 0 aromatic rings. The van der Waals surface area contributed by atoms with E-state index in [1.165, 1.54) is 5.57 Å². The Labute approximate surface area is 64.6 Å². The van der Waals surface area contributed by atoms with Crippen LogP contribution in [0.3, 0.4) is 0 Å². The predicted molar refractivity (Wildman–Crippen MR) is 47.5 cm³/mol. The molecule has 10 heavy (non-hydrogen) atoms. The largest absolute Gasteiger partial charge is 0.0853 e. The molecule has 0 heteroatoms. The Bertz CT molecular complexity index is 134. The molecule has 2 radical (unpaired) electrons. The second kappa shape index (κ2) is 5.28. The molecule has 0 aliphatic carbocycles. The third-order valence-corrected chi connectivity index (χ3v) is 1.38. The maximum absolute atomic E-state index is 3.79. The summed E-state index contributed by atoms with van der Waals surface area (Å²) in [5.74, 6) is 0. The van der Waals surface area contributed by atoms with Gasteiger partial charge in [-0.3, -0.25) is 0 Å². The van der Waals surface area contributed by atoms with Crippen LogP contribution in [0.2, 0.25) is 0 Å². The van der Waals surface area contributed by atoms with Gasteiger partial charge in [0.25, 0.3) is 0 Å². The fourth-order valence-electron chi connectivity index (χ4n) is 0.648. The zero-order chi connectivity index (χ0) is 7.98. The minimum absolute atomic E-state index is 1.09. The van der Waals surface area contributed by atoms with Crippen LogP contribution in [0.4, 0.5) is 0 Å². The Hall–Kier alpha value is -0.520. The average molecular weight is 136 g/mol. The summed E-state index contributed by atoms with van der Waals surface area (Å²) in [6.07, 6.45) is 6.25. The summed E-state index contributed by atoms with van der Waals surface area (Å²) < 4.78 is 0. The van der Waals surface area contributed by atoms with Gasteiger partial charge in [0.2, 0.25) is 0 Å². The number of hydrogen-bond donors (Lipinski definition) is 0. The van der Waals surface area contributed by atoms with Gasteiger partial charge in [-0.1, -0.05) is 23.3 Å². The van der Waals surface area contributed by atoms with Gasteiger partial charge in [0.1, 0.15) is 0 Å². The maximum Gasteiger partial charge on any atom is -0.0286 e. The second-order valence-corrected chi connectivity index (χ2v) is 2.64. The molecule has 0 bridgehead atoms. The first-order valence-electron chi connectivity index (χ1n) is 3.60. The van der Waals surface area contributed by atoms with Crippen LogP contribution in [-0.4, -0.2) is 0 Å². The van der Waals surface area contributed by atoms with Gasteiger partial charge in [-0.2, -0.15) is 0 Å². The summed E-state index contributed by atoms with van der Waals surface area (Å²) in [5, 5.41) is 0. The molecule has 0 fully saturated rings. The molecular formula is C10H16. The highest BCUT2D eigenvalue weighted by atomic mass is 13.9. The first-order chi connectivity index (χ1) is 4.66. The van der Waals surface area contributed by atoms with Crippen LogP contribution < -0.4 is 0 Å². The molecule has 0 heterocycles. The van der Waals surface area contributed by atoms with Crippen molar-refractivity contribution in [2.24, 2.45) is 0 Å². The first-order valence-corrected chi connectivity index (χ1v) is 3.60. The van der Waals surface area contributed by atoms with Crippen molar-refractivity contribution in [3.63, 3.8) is 0 Å². The van der Waals surface area contributed by atoms with Crippen molar-refractivity contribution in [3.05, 3.63) is 37.1 Å². The lowest BCUT2D eigenvalue weighted by Gasteiger charge is -1.95. The molecule has 0 amide bonds. The van der Waals surface area contributed by atoms with Crippen molar-refractivity contribution >= 4 is 0 Å². The Morgan fingerprint density at radius 1 is 1.40 bits per heavy atom. The van der Waals surface area contributed by atoms with Crippen LogP contribution in [0, 0.1) is 13.8 Å². The van der Waals surface area contributed by atoms with Crippen LogP contribution in [-0.2, 0) is 0 Å². The fourth-order valence-corrected chi connectivity index (χ4v) is 0.648. The fraction of sp³-hybridized carbons (Fsp3) is 0.400. The van der Waals surface area contributed by atoms with Crippen LogP contribution in [0.1, 0.15) is 26.7 Å². The minimum atomic E-state index is 1.09. The summed E-state index contributed by atoms with van der Waals surface area (Å²) in [6, 6.07) is 0. The highest BCUT2D eigenvalue weighted by Gasteiger charge is 1.84. The van der Waals surface area contributed by atoms with Crippen LogP contribution >= 0.6 is 0 Å². The van der Waals surface area contributed by atoms with Gasteiger partial charge < -0.3 is 0 Å². The molecule has 0 aliphatic heterocycles. The quantitative estimate of drug-likeness (QED) is 0.558. The second-order valence-electron chi connectivity index (χ2n) is 2.64. The average Bonchev–Trinajstić information content (AvgIpc) is 1.87. The van der Waals surface area contributed by atoms with E-state index in [0.29, 0.717) is 0 Å². The Balaban J connectivity index is 3.47. The van der Waals surface area contributed by atoms with E-state index in [1.54, 1.807) is 0 Å². The molecule has 0 rings (SSSR count). The SMILES string of the molecule is [CH2]C=C(C)CCC=C([CH2])C. The van der Waals surface area contributed by atoms with Gasteiger partial charge in [0.15, 0.2) is 0 Å². The Morgan fingerprint density at radius 2 is 2.00 bits per heavy atom. The Kier molecular flexibility index (Phi) is 5.00. The van der Waals surface area contributed by atoms with Crippen molar-refractivity contribution in [1.29, 1.82) is 0 Å². The highest BCUT2D eigenvalue weighted by molar-refractivity contribution is 5.05. The summed E-state index contributed by atoms with van der Waals surface area (Å²) in [7, 11) is 0. The van der Waals surface area contributed by atoms with Gasteiger partial charge >= 0.3 is 0 Å². The summed E-state index contributed by atoms with van der Waals surface area (Å²) in [6.45, 7) is 11.6. The topological polar surface area (TPSA) is 0 Å². The molecule has 0 saturated heterocycles. The van der Waals surface area contributed by atoms with Gasteiger partial charge in [-0.05, 0) is 40.5 Å². The molecule has 0 aromatic heterocycles. The third kappa shape index (κ3) is 5.61. The standard InChI is InChI=1S/C10H16/c1-5-10(4)8-6-7-9(2)3/h5,7H,1-2,6,8H2,3-4H3. The van der Waals surface area contributed by atoms with Crippen molar-refractivity contribution in [2.45, 2.75) is 26.7 Å². The van der Waals surface area contributed by atoms with E-state index in [0.717, 1.165) is 18.4 Å². The van der Waals surface area contributed by atoms with Crippen molar-refractivity contribution < 1.29 is 0 Å². The molecule has 0 aromatic carbocycles. The van der Waals surface area contributed by atoms with E-state index in [-0.39, 0.29) is 0 Å². The minimum Gasteiger partial charge on any atom is -0.0853 e. The first kappa shape index (κ1) is 9.48. The predicted octanol–water partition coefficient (Wildman–Crippen LogP) is 3.33. The van der Waals surface area contributed by atoms with Crippen LogP contribution in [0.25, 0.3) is 0 Å². The molecule has 0 nitrogen and oxygen atoms in total. The monoisotopic (exact) mass is 136 g/mol. The van der Waals surface area contributed by atoms with E-state index in [1.807, 2.05) is 13.0 Å². The summed E-state index contributed by atoms with van der Waals surface area (Å²) >= 11 is 0. The lowest BCUT2D eigenvalue weighted by atomic mass is 10.1. The van der Waals surface area contributed by atoms with E-state index in [2.05, 4.69) is 26.8 Å². The van der Waals surface area contributed by atoms with Crippen molar-refractivity contribution in [1.82, 2.24) is 0 Å². The summed E-state index contributed by atoms with van der Waals surface area (Å²) in [4.78, 5) is 0. The normalized spacial score (nSPS) is 14.0. The molecule has 56 valence electrons. The molecule has 0 spiro atoms. The smallest absolute Gasteiger partial charge is 0.0286 e. The van der Waals surface area contributed by atoms with Gasteiger partial charge in [0.05, 0.1) is 0 Å². The van der Waals surface area contributed by atoms with E-state index in [9.17, 15) is 0 Å². The van der Waals surface area contributed by atoms with E-state index in [4.69, 9.17) is 0 Å². The molecule has 0 aliphatic rings. The van der Waals surface area contributed by atoms with Gasteiger partial charge in [-0.15, -0.1) is 0 Å². The lowest BCUT2D eigenvalue weighted by molar-refractivity contribution is 0.971. The Morgan fingerprint density at radius 3 is 2.40 bits per heavy atom. The summed E-state index contributed by atoms with van der Waals surface area (Å²) in [5.41, 5.74) is 2.49. The van der Waals surface area contributed by atoms with Gasteiger partial charge in [0, 0.05) is 0 Å². The zero-order valence-corrected chi connectivity index (χ0v) is 6.98. The highest BCUT2D eigenvalue weighted by Crippen LogP contribution is 2.05. The zero-order valence-electron chi connectivity index (χ0n) is 6.98. The van der Waals surface area contributed by atoms with Crippen LogP contribution in [0.15, 0.2) is 23.3 Å². The van der Waals surface area contributed by atoms with Crippen molar-refractivity contribution in [3.8, 4) is 0 Å². The molecular weight excluding hydrogens is 120 g/mol. The van der Waals surface area contributed by atoms with E-state index < -0.39 is 0 Å². The molecule has 0 unspecified atom stereocenters. The van der Waals surface area contributed by atoms with E-state index >= 15 is 0 Å². The number of hydrogen-bond acceptors (Lipinski definition) is 0. The molecule has 0 N–H and O–H groups in total. The maximum atomic E-state index is 3.79. The van der Waals surface area contributed by atoms with Gasteiger partial charge in [-0.25, -0.2) is 0 Å². The van der Waals surface area contributed by atoms with Crippen molar-refractivity contribution in [2.75, 3.05) is 0 Å². The molecule has 0 saturated carbocycles. The lowest BCUT2D eigenvalue weighted by Crippen LogP contribution is -1.75. The number of rotatable bonds is 3. The number of allylic oxidation sites excluding steroid dienone is 4. The third-order valence-electron chi connectivity index (χ3n) is 1.38. The van der Waals surface area contributed by atoms with Crippen LogP contribution in [0.5, 0.6) is 0 Å².